The third-order valence-corrected chi connectivity index (χ3v) is 17.4. The Bertz CT molecular complexity index is 4180. The van der Waals surface area contributed by atoms with E-state index < -0.39 is 196 Å². The van der Waals surface area contributed by atoms with Crippen LogP contribution in [-0.4, -0.2) is 335 Å². The molecule has 0 bridgehead atoms. The molecule has 0 aliphatic heterocycles. The van der Waals surface area contributed by atoms with Gasteiger partial charge >= 0.3 is 95.9 Å². The molecule has 0 aliphatic rings. The van der Waals surface area contributed by atoms with Gasteiger partial charge in [-0.25, -0.2) is 0 Å². The van der Waals surface area contributed by atoms with Crippen molar-refractivity contribution in [3.63, 3.8) is 0 Å². The molecule has 0 aromatic heterocycles. The number of carboxylic acids is 14. The number of aliphatic hydroxyl groups is 4. The van der Waals surface area contributed by atoms with Crippen molar-refractivity contribution in [3.8, 4) is 0 Å². The lowest BCUT2D eigenvalue weighted by molar-refractivity contribution is -0.193. The first-order valence-corrected chi connectivity index (χ1v) is 37.0. The van der Waals surface area contributed by atoms with Crippen LogP contribution in [0.4, 0.5) is 0 Å². The minimum Gasteiger partial charge on any atom is -0.481 e. The normalized spacial score (nSPS) is 13.0. The van der Waals surface area contributed by atoms with Gasteiger partial charge in [-0.15, -0.1) is 0 Å². The highest BCUT2D eigenvalue weighted by Gasteiger charge is 2.37. The molecule has 0 saturated carbocycles. The number of carbonyl (C=O) groups is 14. The quantitative estimate of drug-likeness (QED) is 0.0284. The highest BCUT2D eigenvalue weighted by atomic mass is 16.4. The molecule has 0 spiro atoms. The van der Waals surface area contributed by atoms with Crippen LogP contribution in [0.5, 0.6) is 0 Å². The second-order valence-corrected chi connectivity index (χ2v) is 26.1. The summed E-state index contributed by atoms with van der Waals surface area (Å²) in [6.07, 6.45) is 0.923. The van der Waals surface area contributed by atoms with E-state index in [9.17, 15) is 97.8 Å². The van der Waals surface area contributed by atoms with Crippen molar-refractivity contribution in [1.82, 2.24) is 40.9 Å². The van der Waals surface area contributed by atoms with Gasteiger partial charge in [-0.1, -0.05) is 142 Å². The maximum Gasteiger partial charge on any atom is 0.373 e. The molecule has 44 nitrogen and oxygen atoms in total. The molecule has 0 heterocycles. The highest BCUT2D eigenvalue weighted by Crippen LogP contribution is 2.28. The zero-order valence-corrected chi connectivity index (χ0v) is 66.9. The third-order valence-electron chi connectivity index (χ3n) is 17.4. The summed E-state index contributed by atoms with van der Waals surface area (Å²) in [7, 11) is 0. The van der Waals surface area contributed by atoms with Crippen molar-refractivity contribution in [3.05, 3.63) is 168 Å². The van der Waals surface area contributed by atoms with Crippen LogP contribution >= 0.6 is 0 Å². The number of rotatable bonds is 58. The van der Waals surface area contributed by atoms with E-state index in [1.54, 1.807) is 125 Å². The molecule has 44 heteroatoms. The lowest BCUT2D eigenvalue weighted by Crippen LogP contribution is -2.50. The molecular weight excluding hydrogens is 1650 g/mol. The SMILES string of the molecule is C=Cc1ccc(C(CO)N(CCNC(CC(=O)O)C(=O)O)C(CC(=O)O)C(=O)O)cc1.C=Cc1ccc(C(O)CN(CCNC(CC(=O)O)C(=O)O)CCC(=O)O)cc1.C=Cc1cccc(C(CO)N(CCNC(CC(=O)O)C(=O)O)C(CC(=O)O)C(=O)O)c1.C=Cc1cccc(C(O)CN(CCNC(CC(=O)O)C(=O)O)CCC(=O)O)c1.O=C=O.O=C=O. The van der Waals surface area contributed by atoms with Crippen LogP contribution in [-0.2, 0) is 86.3 Å². The number of carboxylic acid groups (broad SMARTS) is 14. The summed E-state index contributed by atoms with van der Waals surface area (Å²) in [5.74, 6) is -18.0. The topological polar surface area (TPSA) is 732 Å². The number of carbonyl (C=O) groups excluding carboxylic acids is 4. The van der Waals surface area contributed by atoms with Crippen molar-refractivity contribution >= 4 is 120 Å². The lowest BCUT2D eigenvalue weighted by Gasteiger charge is -2.35. The number of aliphatic carboxylic acids is 14. The smallest absolute Gasteiger partial charge is 0.373 e. The van der Waals surface area contributed by atoms with E-state index in [4.69, 9.17) is 80.5 Å². The highest BCUT2D eigenvalue weighted by molar-refractivity contribution is 5.84. The van der Waals surface area contributed by atoms with Gasteiger partial charge in [0.2, 0.25) is 0 Å². The maximum absolute atomic E-state index is 11.8. The Kier molecular flexibility index (Phi) is 57.9. The van der Waals surface area contributed by atoms with Gasteiger partial charge < -0.3 is 113 Å². The molecule has 0 aliphatic carbocycles. The predicted octanol–water partition coefficient (Wildman–Crippen LogP) is 0.368. The third kappa shape index (κ3) is 48.8. The number of hydrogen-bond donors (Lipinski definition) is 22. The van der Waals surface area contributed by atoms with Crippen molar-refractivity contribution in [1.29, 1.82) is 0 Å². The van der Waals surface area contributed by atoms with Crippen molar-refractivity contribution < 1.29 is 178 Å². The molecule has 0 saturated heterocycles. The van der Waals surface area contributed by atoms with Gasteiger partial charge in [0.15, 0.2) is 0 Å². The Morgan fingerprint density at radius 2 is 0.589 bits per heavy atom. The summed E-state index contributed by atoms with van der Waals surface area (Å²) in [4.78, 5) is 194. The van der Waals surface area contributed by atoms with Crippen molar-refractivity contribution in [2.24, 2.45) is 0 Å². The summed E-state index contributed by atoms with van der Waals surface area (Å²) in [6.45, 7) is 14.3. The summed E-state index contributed by atoms with van der Waals surface area (Å²) >= 11 is 0. The summed E-state index contributed by atoms with van der Waals surface area (Å²) in [6, 6.07) is 17.5. The Labute approximate surface area is 708 Å². The van der Waals surface area contributed by atoms with E-state index in [-0.39, 0.29) is 104 Å². The van der Waals surface area contributed by atoms with E-state index >= 15 is 0 Å². The van der Waals surface area contributed by atoms with Crippen LogP contribution in [0.2, 0.25) is 0 Å². The number of nitrogens with zero attached hydrogens (tertiary/aromatic N) is 4. The van der Waals surface area contributed by atoms with E-state index in [0.717, 1.165) is 16.7 Å². The molecule has 4 rings (SSSR count). The molecule has 10 unspecified atom stereocenters. The van der Waals surface area contributed by atoms with E-state index in [1.807, 2.05) is 6.07 Å². The van der Waals surface area contributed by atoms with Crippen LogP contribution in [0.25, 0.3) is 24.3 Å². The molecule has 124 heavy (non-hydrogen) atoms. The largest absolute Gasteiger partial charge is 0.481 e. The first kappa shape index (κ1) is 113. The van der Waals surface area contributed by atoms with Crippen LogP contribution < -0.4 is 21.3 Å². The molecule has 22 N–H and O–H groups in total. The standard InChI is InChI=1S/2C20H26N2O9.2C19H26N2O7.2CO2/c1-2-12-3-5-13(6-4-12)16(11-23)22(15(20(30)31)10-18(26)27)8-7-21-14(19(28)29)9-17(24)25;1-2-12-4-3-5-13(8-12)16(11-23)22(15(20(30)31)10-18(26)27)7-6-21-14(19(28)29)9-17(24)25;1-2-13-3-5-14(6-4-13)16(22)12-21(9-7-17(23)24)10-8-20-15(19(27)28)11-18(25)26;1-2-13-4-3-5-14(10-13)16(22)12-21(8-6-17(23)24)9-7-20-15(19(27)28)11-18(25)26;2*2-1-3/h2-6,14-16,21,23H,1,7-11H2,(H,24,25)(H,26,27)(H,28,29)(H,30,31);2-5,8,14-16,21,23H,1,6-7,9-11H2,(H,24,25)(H,26,27)(H,28,29)(H,30,31);2-6,15-16,20,22H,1,7-12H2,(H,23,24)(H,25,26)(H,27,28);2-5,10,15-16,20,22H,1,6-9,11-12H2,(H,23,24)(H,25,26)(H,27,28);;. The number of nitrogens with one attached hydrogen (secondary N) is 4. The van der Waals surface area contributed by atoms with E-state index in [0.29, 0.717) is 27.8 Å². The number of aliphatic hydroxyl groups excluding tert-OH is 4. The molecule has 0 radical (unpaired) electrons. The summed E-state index contributed by atoms with van der Waals surface area (Å²) < 4.78 is 0. The van der Waals surface area contributed by atoms with Gasteiger partial charge in [0.25, 0.3) is 0 Å². The molecule has 0 fully saturated rings. The van der Waals surface area contributed by atoms with Crippen LogP contribution in [0, 0.1) is 0 Å². The minimum absolute atomic E-state index is 0.128. The van der Waals surface area contributed by atoms with E-state index in [2.05, 4.69) is 47.6 Å². The molecule has 4 aromatic rings. The van der Waals surface area contributed by atoms with Gasteiger partial charge in [-0.3, -0.25) is 86.7 Å². The zero-order valence-electron chi connectivity index (χ0n) is 66.9. The molecule has 680 valence electrons. The Balaban J connectivity index is 0. The monoisotopic (exact) mass is 1750 g/mol. The first-order valence-electron chi connectivity index (χ1n) is 37.0. The molecular formula is C80H104N8O36. The van der Waals surface area contributed by atoms with Crippen LogP contribution in [0.15, 0.2) is 123 Å². The fourth-order valence-electron chi connectivity index (χ4n) is 11.4. The van der Waals surface area contributed by atoms with E-state index in [1.165, 1.54) is 9.80 Å². The number of benzene rings is 4. The van der Waals surface area contributed by atoms with Gasteiger partial charge in [0.05, 0.1) is 88.9 Å². The fourth-order valence-corrected chi connectivity index (χ4v) is 11.4. The van der Waals surface area contributed by atoms with Gasteiger partial charge in [0, 0.05) is 78.5 Å². The molecule has 0 amide bonds. The molecule has 10 atom stereocenters. The average Bonchev–Trinajstić information content (AvgIpc) is 0.825. The minimum atomic E-state index is -1.52. The second kappa shape index (κ2) is 63.7. The van der Waals surface area contributed by atoms with Crippen LogP contribution in [0.1, 0.15) is 120 Å². The summed E-state index contributed by atoms with van der Waals surface area (Å²) in [5, 5.41) is 178. The first-order chi connectivity index (χ1) is 58.5. The Morgan fingerprint density at radius 3 is 0.855 bits per heavy atom. The second-order valence-electron chi connectivity index (χ2n) is 26.1. The van der Waals surface area contributed by atoms with Crippen LogP contribution in [0.3, 0.4) is 0 Å². The zero-order chi connectivity index (χ0) is 94.7. The summed E-state index contributed by atoms with van der Waals surface area (Å²) in [5.41, 5.74) is 5.57. The van der Waals surface area contributed by atoms with Crippen molar-refractivity contribution in [2.75, 3.05) is 91.8 Å². The fraction of sp³-hybridized carbons (Fsp3) is 0.400. The Hall–Kier alpha value is -13.3. The van der Waals surface area contributed by atoms with Gasteiger partial charge in [0.1, 0.15) is 36.3 Å². The average molecular weight is 1750 g/mol. The van der Waals surface area contributed by atoms with Crippen molar-refractivity contribution in [2.45, 2.75) is 112 Å². The maximum atomic E-state index is 11.8. The lowest BCUT2D eigenvalue weighted by atomic mass is 10.00. The molecule has 4 aromatic carbocycles. The van der Waals surface area contributed by atoms with Gasteiger partial charge in [-0.05, 0) is 50.6 Å². The predicted molar refractivity (Wildman–Crippen MR) is 431 cm³/mol. The Morgan fingerprint density at radius 1 is 0.323 bits per heavy atom. The number of hydrogen-bond acceptors (Lipinski definition) is 30. The van der Waals surface area contributed by atoms with Gasteiger partial charge in [-0.2, -0.15) is 19.2 Å².